The molecule has 0 spiro atoms. The topological polar surface area (TPSA) is 87.0 Å². The number of hydrogen-bond acceptors (Lipinski definition) is 4. The molecule has 1 N–H and O–H groups in total. The zero-order valence-corrected chi connectivity index (χ0v) is 13.5. The van der Waals surface area contributed by atoms with E-state index >= 15 is 0 Å². The van der Waals surface area contributed by atoms with Gasteiger partial charge in [0.2, 0.25) is 10.0 Å². The second-order valence-corrected chi connectivity index (χ2v) is 8.46. The Morgan fingerprint density at radius 3 is 2.55 bits per heavy atom. The molecular weight excluding hydrogens is 300 g/mol. The molecule has 116 valence electrons. The maximum absolute atomic E-state index is 12.6. The van der Waals surface area contributed by atoms with Crippen molar-refractivity contribution in [1.82, 2.24) is 4.72 Å². The Morgan fingerprint density at radius 2 is 1.95 bits per heavy atom. The van der Waals surface area contributed by atoms with Crippen LogP contribution in [0.1, 0.15) is 49.0 Å². The van der Waals surface area contributed by atoms with Crippen molar-refractivity contribution in [2.45, 2.75) is 50.0 Å². The summed E-state index contributed by atoms with van der Waals surface area (Å²) in [4.78, 5) is 11.9. The van der Waals surface area contributed by atoms with E-state index < -0.39 is 15.6 Å². The zero-order chi connectivity index (χ0) is 16.2. The molecule has 0 aromatic heterocycles. The number of sulfonamides is 1. The lowest BCUT2D eigenvalue weighted by atomic mass is 9.91. The molecule has 1 fully saturated rings. The Labute approximate surface area is 130 Å². The fraction of sp³-hybridized carbons (Fsp3) is 0.500. The van der Waals surface area contributed by atoms with Crippen LogP contribution in [0.3, 0.4) is 0 Å². The molecule has 0 amide bonds. The van der Waals surface area contributed by atoms with E-state index in [1.165, 1.54) is 6.07 Å². The fourth-order valence-corrected chi connectivity index (χ4v) is 4.60. The first-order chi connectivity index (χ1) is 10.2. The van der Waals surface area contributed by atoms with Crippen LogP contribution >= 0.6 is 0 Å². The summed E-state index contributed by atoms with van der Waals surface area (Å²) >= 11 is 0. The van der Waals surface area contributed by atoms with Crippen LogP contribution in [-0.2, 0) is 16.4 Å². The van der Waals surface area contributed by atoms with Crippen molar-refractivity contribution < 1.29 is 13.2 Å². The van der Waals surface area contributed by atoms with Crippen molar-refractivity contribution in [2.75, 3.05) is 0 Å². The third-order valence-corrected chi connectivity index (χ3v) is 6.27. The smallest absolute Gasteiger partial charge is 0.241 e. The summed E-state index contributed by atoms with van der Waals surface area (Å²) in [7, 11) is -3.77. The van der Waals surface area contributed by atoms with Crippen LogP contribution in [0.4, 0.5) is 0 Å². The van der Waals surface area contributed by atoms with E-state index in [2.05, 4.69) is 10.8 Å². The first-order valence-corrected chi connectivity index (χ1v) is 8.80. The molecule has 2 aliphatic rings. The van der Waals surface area contributed by atoms with Gasteiger partial charge in [-0.25, -0.2) is 8.42 Å². The number of Topliss-reactive ketones (excluding diaryl/α,β-unsaturated/α-hetero) is 1. The highest BCUT2D eigenvalue weighted by molar-refractivity contribution is 7.89. The molecule has 0 aliphatic heterocycles. The molecule has 1 atom stereocenters. The molecule has 1 unspecified atom stereocenters. The van der Waals surface area contributed by atoms with E-state index in [1.54, 1.807) is 12.1 Å². The number of hydrogen-bond donors (Lipinski definition) is 1. The summed E-state index contributed by atoms with van der Waals surface area (Å²) in [5.74, 6) is 0.0648. The van der Waals surface area contributed by atoms with E-state index in [4.69, 9.17) is 0 Å². The summed E-state index contributed by atoms with van der Waals surface area (Å²) in [6, 6.07) is 6.69. The van der Waals surface area contributed by atoms with E-state index in [-0.39, 0.29) is 16.1 Å². The van der Waals surface area contributed by atoms with Crippen molar-refractivity contribution >= 4 is 15.8 Å². The second-order valence-electron chi connectivity index (χ2n) is 6.78. The lowest BCUT2D eigenvalue weighted by Crippen LogP contribution is -2.39. The quantitative estimate of drug-likeness (QED) is 0.925. The SMILES string of the molecule is CC1(C)CC1(C#N)NS(=O)(=O)c1ccc2c(c1)CCCC2=O. The number of fused-ring (bicyclic) bond motifs is 1. The Hall–Kier alpha value is -1.71. The van der Waals surface area contributed by atoms with Crippen LogP contribution in [0.5, 0.6) is 0 Å². The molecule has 1 saturated carbocycles. The van der Waals surface area contributed by atoms with Gasteiger partial charge in [-0.15, -0.1) is 0 Å². The predicted octanol–water partition coefficient (Wildman–Crippen LogP) is 2.18. The number of aryl methyl sites for hydroxylation is 1. The van der Waals surface area contributed by atoms with Crippen molar-refractivity contribution in [3.05, 3.63) is 29.3 Å². The zero-order valence-electron chi connectivity index (χ0n) is 12.6. The largest absolute Gasteiger partial charge is 0.294 e. The molecule has 2 aliphatic carbocycles. The van der Waals surface area contributed by atoms with E-state index in [0.29, 0.717) is 24.8 Å². The number of nitrogens with zero attached hydrogens (tertiary/aromatic N) is 1. The van der Waals surface area contributed by atoms with Crippen LogP contribution in [0, 0.1) is 16.7 Å². The molecule has 6 heteroatoms. The summed E-state index contributed by atoms with van der Waals surface area (Å²) in [5.41, 5.74) is 0.00319. The van der Waals surface area contributed by atoms with Crippen LogP contribution in [0.2, 0.25) is 0 Å². The normalized spacial score (nSPS) is 26.1. The van der Waals surface area contributed by atoms with Gasteiger partial charge in [0, 0.05) is 17.4 Å². The molecular formula is C16H18N2O3S. The van der Waals surface area contributed by atoms with Crippen LogP contribution < -0.4 is 4.72 Å². The van der Waals surface area contributed by atoms with Gasteiger partial charge < -0.3 is 0 Å². The van der Waals surface area contributed by atoms with E-state index in [9.17, 15) is 18.5 Å². The average Bonchev–Trinajstić information content (AvgIpc) is 2.99. The number of nitrogens with one attached hydrogen (secondary N) is 1. The predicted molar refractivity (Wildman–Crippen MR) is 80.8 cm³/mol. The number of carbonyl (C=O) groups is 1. The van der Waals surface area contributed by atoms with Crippen LogP contribution in [0.25, 0.3) is 0 Å². The number of rotatable bonds is 3. The minimum atomic E-state index is -3.77. The minimum Gasteiger partial charge on any atom is -0.294 e. The van der Waals surface area contributed by atoms with Gasteiger partial charge in [0.05, 0.1) is 11.0 Å². The van der Waals surface area contributed by atoms with Crippen molar-refractivity contribution in [1.29, 1.82) is 5.26 Å². The maximum Gasteiger partial charge on any atom is 0.241 e. The minimum absolute atomic E-state index is 0.0648. The summed E-state index contributed by atoms with van der Waals surface area (Å²) < 4.78 is 27.7. The van der Waals surface area contributed by atoms with Gasteiger partial charge in [-0.2, -0.15) is 9.98 Å². The van der Waals surface area contributed by atoms with Crippen molar-refractivity contribution in [3.8, 4) is 6.07 Å². The summed E-state index contributed by atoms with van der Waals surface area (Å²) in [6.45, 7) is 3.73. The first kappa shape index (κ1) is 15.2. The Kier molecular flexibility index (Phi) is 3.21. The molecule has 0 saturated heterocycles. The fourth-order valence-electron chi connectivity index (χ4n) is 3.09. The number of ketones is 1. The monoisotopic (exact) mass is 318 g/mol. The van der Waals surface area contributed by atoms with Crippen LogP contribution in [-0.4, -0.2) is 19.7 Å². The van der Waals surface area contributed by atoms with Gasteiger partial charge in [-0.3, -0.25) is 4.79 Å². The number of benzene rings is 1. The van der Waals surface area contributed by atoms with Gasteiger partial charge >= 0.3 is 0 Å². The van der Waals surface area contributed by atoms with E-state index in [1.807, 2.05) is 13.8 Å². The van der Waals surface area contributed by atoms with Gasteiger partial charge in [-0.1, -0.05) is 13.8 Å². The summed E-state index contributed by atoms with van der Waals surface area (Å²) in [6.07, 6.45) is 2.47. The molecule has 1 aromatic rings. The maximum atomic E-state index is 12.6. The number of carbonyl (C=O) groups excluding carboxylic acids is 1. The third-order valence-electron chi connectivity index (χ3n) is 4.77. The molecule has 0 bridgehead atoms. The van der Waals surface area contributed by atoms with Gasteiger partial charge in [-0.05, 0) is 43.0 Å². The number of nitriles is 1. The molecule has 5 nitrogen and oxygen atoms in total. The molecule has 3 rings (SSSR count). The van der Waals surface area contributed by atoms with Crippen molar-refractivity contribution in [3.63, 3.8) is 0 Å². The molecule has 22 heavy (non-hydrogen) atoms. The Bertz CT molecular complexity index is 805. The van der Waals surface area contributed by atoms with Gasteiger partial charge in [0.25, 0.3) is 0 Å². The lowest BCUT2D eigenvalue weighted by molar-refractivity contribution is 0.0972. The summed E-state index contributed by atoms with van der Waals surface area (Å²) in [5, 5.41) is 9.31. The molecule has 0 radical (unpaired) electrons. The van der Waals surface area contributed by atoms with Gasteiger partial charge in [0.1, 0.15) is 5.54 Å². The van der Waals surface area contributed by atoms with E-state index in [0.717, 1.165) is 12.0 Å². The standard InChI is InChI=1S/C16H18N2O3S/c1-15(2)9-16(15,10-17)18-22(20,21)12-6-7-13-11(8-12)4-3-5-14(13)19/h6-8,18H,3-5,9H2,1-2H3. The highest BCUT2D eigenvalue weighted by Crippen LogP contribution is 2.55. The highest BCUT2D eigenvalue weighted by atomic mass is 32.2. The average molecular weight is 318 g/mol. The lowest BCUT2D eigenvalue weighted by Gasteiger charge is -2.18. The molecule has 0 heterocycles. The highest BCUT2D eigenvalue weighted by Gasteiger charge is 2.64. The molecule has 1 aromatic carbocycles. The van der Waals surface area contributed by atoms with Crippen LogP contribution in [0.15, 0.2) is 23.1 Å². The van der Waals surface area contributed by atoms with Gasteiger partial charge in [0.15, 0.2) is 5.78 Å². The third kappa shape index (κ3) is 2.25. The Balaban J connectivity index is 1.94. The van der Waals surface area contributed by atoms with Crippen molar-refractivity contribution in [2.24, 2.45) is 5.41 Å². The first-order valence-electron chi connectivity index (χ1n) is 7.32. The second kappa shape index (κ2) is 4.64. The Morgan fingerprint density at radius 1 is 1.27 bits per heavy atom.